The minimum absolute atomic E-state index is 0.138. The van der Waals surface area contributed by atoms with Crippen molar-refractivity contribution in [1.29, 1.82) is 0 Å². The minimum atomic E-state index is 0.138. The summed E-state index contributed by atoms with van der Waals surface area (Å²) >= 11 is 0. The van der Waals surface area contributed by atoms with Crippen molar-refractivity contribution >= 4 is 0 Å². The molecule has 0 saturated carbocycles. The first kappa shape index (κ1) is 12.1. The lowest BCUT2D eigenvalue weighted by Crippen LogP contribution is -1.96. The number of benzene rings is 2. The summed E-state index contributed by atoms with van der Waals surface area (Å²) in [4.78, 5) is 0. The first-order valence-electron chi connectivity index (χ1n) is 5.46. The molecule has 0 aliphatic carbocycles. The van der Waals surface area contributed by atoms with Gasteiger partial charge in [-0.1, -0.05) is 0 Å². The fraction of sp³-hybridized carbons (Fsp3) is 0.143. The third-order valence-corrected chi connectivity index (χ3v) is 2.43. The van der Waals surface area contributed by atoms with Crippen molar-refractivity contribution in [2.24, 2.45) is 0 Å². The summed E-state index contributed by atoms with van der Waals surface area (Å²) in [5.74, 6) is 1.56. The maximum absolute atomic E-state index is 9.49. The lowest BCUT2D eigenvalue weighted by atomic mass is 10.2. The predicted octanol–water partition coefficient (Wildman–Crippen LogP) is 2.69. The van der Waals surface area contributed by atoms with Crippen LogP contribution in [0, 0.1) is 0 Å². The largest absolute Gasteiger partial charge is 0.508 e. The van der Waals surface area contributed by atoms with Gasteiger partial charge in [0.2, 0.25) is 0 Å². The Hall–Kier alpha value is -2.36. The Bertz CT molecular complexity index is 520. The number of phenolic OH excluding ortho intramolecular Hbond substituents is 2. The molecule has 0 aliphatic heterocycles. The van der Waals surface area contributed by atoms with E-state index in [1.165, 1.54) is 6.07 Å². The number of hydrogen-bond donors (Lipinski definition) is 2. The Balaban J connectivity index is 2.05. The molecule has 0 spiro atoms. The van der Waals surface area contributed by atoms with Crippen LogP contribution >= 0.6 is 0 Å². The molecule has 2 aromatic rings. The summed E-state index contributed by atoms with van der Waals surface area (Å²) in [6.07, 6.45) is 0. The molecule has 0 aliphatic rings. The van der Waals surface area contributed by atoms with Crippen molar-refractivity contribution in [2.45, 2.75) is 6.61 Å². The summed E-state index contributed by atoms with van der Waals surface area (Å²) < 4.78 is 10.6. The number of phenols is 2. The second-order valence-corrected chi connectivity index (χ2v) is 3.82. The van der Waals surface area contributed by atoms with Gasteiger partial charge in [-0.2, -0.15) is 0 Å². The van der Waals surface area contributed by atoms with Crippen LogP contribution in [-0.2, 0) is 6.61 Å². The molecule has 0 aromatic heterocycles. The standard InChI is InChI=1S/C14H14O4/c1-17-14-7-10(6-12(16)8-14)9-18-13-4-2-11(15)3-5-13/h2-8,15-16H,9H2,1H3. The summed E-state index contributed by atoms with van der Waals surface area (Å²) in [5.41, 5.74) is 0.805. The van der Waals surface area contributed by atoms with Crippen LogP contribution in [0.2, 0.25) is 0 Å². The first-order valence-corrected chi connectivity index (χ1v) is 5.46. The van der Waals surface area contributed by atoms with Gasteiger partial charge in [0.1, 0.15) is 29.6 Å². The van der Waals surface area contributed by atoms with E-state index in [-0.39, 0.29) is 11.5 Å². The Kier molecular flexibility index (Phi) is 3.57. The van der Waals surface area contributed by atoms with Gasteiger partial charge in [0, 0.05) is 6.07 Å². The van der Waals surface area contributed by atoms with Crippen LogP contribution in [0.25, 0.3) is 0 Å². The summed E-state index contributed by atoms with van der Waals surface area (Å²) in [6.45, 7) is 0.315. The van der Waals surface area contributed by atoms with Crippen molar-refractivity contribution in [3.05, 3.63) is 48.0 Å². The molecule has 0 heterocycles. The van der Waals surface area contributed by atoms with Gasteiger partial charge in [-0.05, 0) is 42.0 Å². The highest BCUT2D eigenvalue weighted by atomic mass is 16.5. The maximum atomic E-state index is 9.49. The van der Waals surface area contributed by atoms with E-state index in [1.54, 1.807) is 43.5 Å². The Morgan fingerprint density at radius 1 is 0.889 bits per heavy atom. The number of hydrogen-bond acceptors (Lipinski definition) is 4. The van der Waals surface area contributed by atoms with E-state index in [9.17, 15) is 5.11 Å². The fourth-order valence-corrected chi connectivity index (χ4v) is 1.55. The Morgan fingerprint density at radius 2 is 1.61 bits per heavy atom. The van der Waals surface area contributed by atoms with Crippen LogP contribution in [-0.4, -0.2) is 17.3 Å². The van der Waals surface area contributed by atoms with E-state index in [0.717, 1.165) is 5.56 Å². The fourth-order valence-electron chi connectivity index (χ4n) is 1.55. The highest BCUT2D eigenvalue weighted by Gasteiger charge is 2.02. The van der Waals surface area contributed by atoms with Crippen LogP contribution in [0.1, 0.15) is 5.56 Å². The van der Waals surface area contributed by atoms with Crippen LogP contribution < -0.4 is 9.47 Å². The Morgan fingerprint density at radius 3 is 2.28 bits per heavy atom. The zero-order valence-electron chi connectivity index (χ0n) is 9.96. The molecule has 2 aromatic carbocycles. The lowest BCUT2D eigenvalue weighted by Gasteiger charge is -2.08. The third kappa shape index (κ3) is 3.07. The average Bonchev–Trinajstić information content (AvgIpc) is 2.37. The predicted molar refractivity (Wildman–Crippen MR) is 67.1 cm³/mol. The van der Waals surface area contributed by atoms with Gasteiger partial charge in [-0.25, -0.2) is 0 Å². The molecule has 0 radical (unpaired) electrons. The third-order valence-electron chi connectivity index (χ3n) is 2.43. The minimum Gasteiger partial charge on any atom is -0.508 e. The SMILES string of the molecule is COc1cc(O)cc(COc2ccc(O)cc2)c1. The van der Waals surface area contributed by atoms with Crippen LogP contribution in [0.5, 0.6) is 23.0 Å². The van der Waals surface area contributed by atoms with Crippen molar-refractivity contribution < 1.29 is 19.7 Å². The first-order chi connectivity index (χ1) is 8.67. The van der Waals surface area contributed by atoms with Gasteiger partial charge in [-0.15, -0.1) is 0 Å². The molecule has 94 valence electrons. The zero-order chi connectivity index (χ0) is 13.0. The van der Waals surface area contributed by atoms with Gasteiger partial charge in [0.05, 0.1) is 7.11 Å². The topological polar surface area (TPSA) is 58.9 Å². The van der Waals surface area contributed by atoms with Gasteiger partial charge in [-0.3, -0.25) is 0 Å². The van der Waals surface area contributed by atoms with E-state index in [0.29, 0.717) is 18.1 Å². The Labute approximate surface area is 105 Å². The molecule has 0 fully saturated rings. The zero-order valence-corrected chi connectivity index (χ0v) is 9.96. The van der Waals surface area contributed by atoms with Crippen molar-refractivity contribution in [3.8, 4) is 23.0 Å². The van der Waals surface area contributed by atoms with Crippen LogP contribution in [0.15, 0.2) is 42.5 Å². The number of ether oxygens (including phenoxy) is 2. The van der Waals surface area contributed by atoms with E-state index >= 15 is 0 Å². The molecule has 2 rings (SSSR count). The molecular weight excluding hydrogens is 232 g/mol. The second-order valence-electron chi connectivity index (χ2n) is 3.82. The molecule has 0 unspecified atom stereocenters. The summed E-state index contributed by atoms with van der Waals surface area (Å²) in [5, 5.41) is 18.6. The van der Waals surface area contributed by atoms with E-state index in [2.05, 4.69) is 0 Å². The van der Waals surface area contributed by atoms with Gasteiger partial charge in [0.25, 0.3) is 0 Å². The molecule has 18 heavy (non-hydrogen) atoms. The molecule has 4 nitrogen and oxygen atoms in total. The number of aromatic hydroxyl groups is 2. The van der Waals surface area contributed by atoms with E-state index < -0.39 is 0 Å². The smallest absolute Gasteiger partial charge is 0.122 e. The molecular formula is C14H14O4. The van der Waals surface area contributed by atoms with Crippen LogP contribution in [0.4, 0.5) is 0 Å². The quantitative estimate of drug-likeness (QED) is 0.870. The normalized spacial score (nSPS) is 10.1. The van der Waals surface area contributed by atoms with Crippen molar-refractivity contribution in [3.63, 3.8) is 0 Å². The van der Waals surface area contributed by atoms with Gasteiger partial charge < -0.3 is 19.7 Å². The van der Waals surface area contributed by atoms with Gasteiger partial charge >= 0.3 is 0 Å². The molecule has 2 N–H and O–H groups in total. The molecule has 0 bridgehead atoms. The highest BCUT2D eigenvalue weighted by Crippen LogP contribution is 2.23. The molecule has 0 saturated heterocycles. The molecule has 0 amide bonds. The maximum Gasteiger partial charge on any atom is 0.122 e. The monoisotopic (exact) mass is 246 g/mol. The number of methoxy groups -OCH3 is 1. The van der Waals surface area contributed by atoms with E-state index in [4.69, 9.17) is 14.6 Å². The van der Waals surface area contributed by atoms with Crippen molar-refractivity contribution in [2.75, 3.05) is 7.11 Å². The van der Waals surface area contributed by atoms with Crippen molar-refractivity contribution in [1.82, 2.24) is 0 Å². The molecule has 4 heteroatoms. The summed E-state index contributed by atoms with van der Waals surface area (Å²) in [7, 11) is 1.54. The highest BCUT2D eigenvalue weighted by molar-refractivity contribution is 5.37. The average molecular weight is 246 g/mol. The number of rotatable bonds is 4. The molecule has 0 atom stereocenters. The van der Waals surface area contributed by atoms with E-state index in [1.807, 2.05) is 0 Å². The lowest BCUT2D eigenvalue weighted by molar-refractivity contribution is 0.303. The second kappa shape index (κ2) is 5.31. The van der Waals surface area contributed by atoms with Gasteiger partial charge in [0.15, 0.2) is 0 Å². The summed E-state index contributed by atoms with van der Waals surface area (Å²) in [6, 6.07) is 11.4. The van der Waals surface area contributed by atoms with Crippen LogP contribution in [0.3, 0.4) is 0 Å².